The van der Waals surface area contributed by atoms with Crippen LogP contribution in [0.25, 0.3) is 0 Å². The molecule has 0 radical (unpaired) electrons. The topological polar surface area (TPSA) is 54.5 Å². The van der Waals surface area contributed by atoms with Crippen LogP contribution in [-0.4, -0.2) is 25.1 Å². The summed E-state index contributed by atoms with van der Waals surface area (Å²) in [5, 5.41) is 0.526. The molecule has 0 unspecified atom stereocenters. The zero-order chi connectivity index (χ0) is 20.0. The van der Waals surface area contributed by atoms with Crippen molar-refractivity contribution in [2.45, 2.75) is 31.6 Å². The molecule has 0 aliphatic rings. The second-order valence-electron chi connectivity index (χ2n) is 6.10. The van der Waals surface area contributed by atoms with Gasteiger partial charge in [0.05, 0.1) is 9.38 Å². The fourth-order valence-electron chi connectivity index (χ4n) is 2.34. The van der Waals surface area contributed by atoms with Crippen molar-refractivity contribution in [3.8, 4) is 0 Å². The Hall–Kier alpha value is -1.63. The van der Waals surface area contributed by atoms with E-state index in [-0.39, 0.29) is 21.7 Å². The van der Waals surface area contributed by atoms with Crippen LogP contribution >= 0.6 is 27.5 Å². The van der Waals surface area contributed by atoms with Crippen molar-refractivity contribution in [3.63, 3.8) is 0 Å². The lowest BCUT2D eigenvalue weighted by atomic mass is 10.1. The standard InChI is InChI=1S/C20H21BrClNO3S/c1-3-4-13-23(27(25,26)18-11-5-15(2)6-12-18)14-19(21)20(24)16-7-9-17(22)10-8-16/h5-12,14H,3-4,13H2,1-2H3/b19-14-. The molecule has 4 nitrogen and oxygen atoms in total. The average molecular weight is 471 g/mol. The molecule has 0 saturated carbocycles. The van der Waals surface area contributed by atoms with Gasteiger partial charge in [0.25, 0.3) is 10.0 Å². The molecule has 0 aliphatic heterocycles. The fraction of sp³-hybridized carbons (Fsp3) is 0.250. The van der Waals surface area contributed by atoms with Gasteiger partial charge in [-0.15, -0.1) is 0 Å². The third-order valence-electron chi connectivity index (χ3n) is 3.94. The molecule has 0 fully saturated rings. The van der Waals surface area contributed by atoms with E-state index in [4.69, 9.17) is 11.6 Å². The number of hydrogen-bond donors (Lipinski definition) is 0. The molecular formula is C20H21BrClNO3S. The molecule has 144 valence electrons. The van der Waals surface area contributed by atoms with E-state index in [2.05, 4.69) is 15.9 Å². The summed E-state index contributed by atoms with van der Waals surface area (Å²) in [4.78, 5) is 12.8. The van der Waals surface area contributed by atoms with Crippen LogP contribution in [-0.2, 0) is 10.0 Å². The van der Waals surface area contributed by atoms with E-state index in [0.717, 1.165) is 12.0 Å². The smallest absolute Gasteiger partial charge is 0.263 e. The number of nitrogens with zero attached hydrogens (tertiary/aromatic N) is 1. The maximum Gasteiger partial charge on any atom is 0.263 e. The summed E-state index contributed by atoms with van der Waals surface area (Å²) in [7, 11) is -3.75. The van der Waals surface area contributed by atoms with Crippen molar-refractivity contribution in [1.29, 1.82) is 0 Å². The maximum atomic E-state index is 13.0. The SMILES string of the molecule is CCCCN(/C=C(\Br)C(=O)c1ccc(Cl)cc1)S(=O)(=O)c1ccc(C)cc1. The van der Waals surface area contributed by atoms with Gasteiger partial charge in [0, 0.05) is 23.3 Å². The van der Waals surface area contributed by atoms with Crippen molar-refractivity contribution in [2.75, 3.05) is 6.54 Å². The van der Waals surface area contributed by atoms with Crippen LogP contribution in [0.2, 0.25) is 5.02 Å². The molecule has 0 bridgehead atoms. The predicted octanol–water partition coefficient (Wildman–Crippen LogP) is 5.56. The highest BCUT2D eigenvalue weighted by atomic mass is 79.9. The van der Waals surface area contributed by atoms with E-state index >= 15 is 0 Å². The summed E-state index contributed by atoms with van der Waals surface area (Å²) in [5.74, 6) is -0.313. The number of rotatable bonds is 8. The highest BCUT2D eigenvalue weighted by Crippen LogP contribution is 2.22. The highest BCUT2D eigenvalue weighted by Gasteiger charge is 2.23. The number of allylic oxidation sites excluding steroid dienone is 1. The van der Waals surface area contributed by atoms with Gasteiger partial charge in [0.1, 0.15) is 0 Å². The number of benzene rings is 2. The molecule has 0 amide bonds. The van der Waals surface area contributed by atoms with Crippen molar-refractivity contribution >= 4 is 43.3 Å². The van der Waals surface area contributed by atoms with Crippen molar-refractivity contribution in [1.82, 2.24) is 4.31 Å². The van der Waals surface area contributed by atoms with Gasteiger partial charge in [-0.05, 0) is 65.7 Å². The first-order valence-electron chi connectivity index (χ1n) is 8.52. The summed E-state index contributed by atoms with van der Waals surface area (Å²) in [6, 6.07) is 13.1. The minimum absolute atomic E-state index is 0.164. The summed E-state index contributed by atoms with van der Waals surface area (Å²) >= 11 is 9.09. The lowest BCUT2D eigenvalue weighted by molar-refractivity contribution is 0.104. The summed E-state index contributed by atoms with van der Waals surface area (Å²) in [6.07, 6.45) is 2.86. The van der Waals surface area contributed by atoms with Crippen LogP contribution in [0.1, 0.15) is 35.7 Å². The molecule has 7 heteroatoms. The molecule has 27 heavy (non-hydrogen) atoms. The molecular weight excluding hydrogens is 450 g/mol. The Kier molecular flexibility index (Phi) is 7.65. The van der Waals surface area contributed by atoms with Crippen LogP contribution in [0.5, 0.6) is 0 Å². The summed E-state index contributed by atoms with van der Waals surface area (Å²) < 4.78 is 27.4. The van der Waals surface area contributed by atoms with Crippen LogP contribution in [0.4, 0.5) is 0 Å². The third-order valence-corrected chi connectivity index (χ3v) is 6.53. The van der Waals surface area contributed by atoms with E-state index in [1.165, 1.54) is 10.5 Å². The lowest BCUT2D eigenvalue weighted by Gasteiger charge is -2.21. The van der Waals surface area contributed by atoms with E-state index in [1.807, 2.05) is 13.8 Å². The average Bonchev–Trinajstić information content (AvgIpc) is 2.65. The third kappa shape index (κ3) is 5.67. The zero-order valence-electron chi connectivity index (χ0n) is 15.2. The molecule has 0 aliphatic carbocycles. The van der Waals surface area contributed by atoms with E-state index < -0.39 is 10.0 Å². The highest BCUT2D eigenvalue weighted by molar-refractivity contribution is 9.12. The first-order valence-corrected chi connectivity index (χ1v) is 11.1. The van der Waals surface area contributed by atoms with Gasteiger partial charge in [-0.1, -0.05) is 42.6 Å². The molecule has 2 aromatic carbocycles. The van der Waals surface area contributed by atoms with E-state index in [1.54, 1.807) is 48.5 Å². The number of carbonyl (C=O) groups excluding carboxylic acids is 1. The molecule has 0 atom stereocenters. The Balaban J connectivity index is 2.37. The molecule has 0 spiro atoms. The van der Waals surface area contributed by atoms with E-state index in [0.29, 0.717) is 17.0 Å². The first kappa shape index (κ1) is 21.7. The number of carbonyl (C=O) groups is 1. The number of Topliss-reactive ketones (excluding diaryl/α,β-unsaturated/α-hetero) is 1. The normalized spacial score (nSPS) is 12.1. The predicted molar refractivity (Wildman–Crippen MR) is 113 cm³/mol. The Morgan fingerprint density at radius 1 is 1.11 bits per heavy atom. The molecule has 0 aromatic heterocycles. The van der Waals surface area contributed by atoms with Gasteiger partial charge in [0.2, 0.25) is 5.78 Å². The van der Waals surface area contributed by atoms with Gasteiger partial charge >= 0.3 is 0 Å². The van der Waals surface area contributed by atoms with Crippen LogP contribution < -0.4 is 0 Å². The Morgan fingerprint density at radius 3 is 2.26 bits per heavy atom. The first-order chi connectivity index (χ1) is 12.8. The molecule has 0 N–H and O–H groups in total. The van der Waals surface area contributed by atoms with Gasteiger partial charge in [-0.3, -0.25) is 9.10 Å². The molecule has 2 aromatic rings. The van der Waals surface area contributed by atoms with Crippen LogP contribution in [0, 0.1) is 6.92 Å². The van der Waals surface area contributed by atoms with Gasteiger partial charge in [-0.2, -0.15) is 0 Å². The number of hydrogen-bond acceptors (Lipinski definition) is 3. The van der Waals surface area contributed by atoms with E-state index in [9.17, 15) is 13.2 Å². The minimum Gasteiger partial charge on any atom is -0.288 e. The summed E-state index contributed by atoms with van der Waals surface area (Å²) in [6.45, 7) is 4.16. The number of ketones is 1. The largest absolute Gasteiger partial charge is 0.288 e. The monoisotopic (exact) mass is 469 g/mol. The van der Waals surface area contributed by atoms with Gasteiger partial charge in [0.15, 0.2) is 0 Å². The Labute approximate surface area is 174 Å². The van der Waals surface area contributed by atoms with Crippen molar-refractivity contribution in [3.05, 3.63) is 75.4 Å². The Morgan fingerprint density at radius 2 is 1.70 bits per heavy atom. The fourth-order valence-corrected chi connectivity index (χ4v) is 4.44. The Bertz CT molecular complexity index is 923. The zero-order valence-corrected chi connectivity index (χ0v) is 18.3. The quantitative estimate of drug-likeness (QED) is 0.375. The molecule has 0 saturated heterocycles. The van der Waals surface area contributed by atoms with Crippen LogP contribution in [0.3, 0.4) is 0 Å². The van der Waals surface area contributed by atoms with Crippen LogP contribution in [0.15, 0.2) is 64.1 Å². The second kappa shape index (κ2) is 9.53. The number of halogens is 2. The van der Waals surface area contributed by atoms with Crippen molar-refractivity contribution < 1.29 is 13.2 Å². The number of unbranched alkanes of at least 4 members (excludes halogenated alkanes) is 1. The second-order valence-corrected chi connectivity index (χ2v) is 9.28. The lowest BCUT2D eigenvalue weighted by Crippen LogP contribution is -2.28. The molecule has 2 rings (SSSR count). The maximum absolute atomic E-state index is 13.0. The summed E-state index contributed by atoms with van der Waals surface area (Å²) in [5.41, 5.74) is 1.40. The van der Waals surface area contributed by atoms with Gasteiger partial charge in [-0.25, -0.2) is 8.42 Å². The molecule has 0 heterocycles. The number of sulfonamides is 1. The minimum atomic E-state index is -3.75. The van der Waals surface area contributed by atoms with Crippen molar-refractivity contribution in [2.24, 2.45) is 0 Å². The van der Waals surface area contributed by atoms with Gasteiger partial charge < -0.3 is 0 Å². The number of aryl methyl sites for hydroxylation is 1.